The summed E-state index contributed by atoms with van der Waals surface area (Å²) in [6, 6.07) is 6.41. The van der Waals surface area contributed by atoms with Crippen molar-refractivity contribution in [3.05, 3.63) is 29.3 Å². The minimum Gasteiger partial charge on any atom is -0.483 e. The minimum atomic E-state index is 0.0120. The zero-order valence-electron chi connectivity index (χ0n) is 16.1. The Kier molecular flexibility index (Phi) is 8.85. The molecule has 1 fully saturated rings. The Morgan fingerprint density at radius 2 is 1.52 bits per heavy atom. The molecule has 2 rings (SSSR count). The van der Waals surface area contributed by atoms with Gasteiger partial charge in [-0.25, -0.2) is 0 Å². The summed E-state index contributed by atoms with van der Waals surface area (Å²) in [4.78, 5) is 12.3. The molecule has 0 spiro atoms. The number of aryl methyl sites for hydroxylation is 2. The molecule has 0 bridgehead atoms. The molecule has 3 nitrogen and oxygen atoms in total. The van der Waals surface area contributed by atoms with E-state index in [9.17, 15) is 4.79 Å². The monoisotopic (exact) mass is 345 g/mol. The number of hydrogen-bond donors (Lipinski definition) is 1. The van der Waals surface area contributed by atoms with Gasteiger partial charge >= 0.3 is 0 Å². The number of amides is 1. The summed E-state index contributed by atoms with van der Waals surface area (Å²) >= 11 is 0. The van der Waals surface area contributed by atoms with Crippen LogP contribution in [0.15, 0.2) is 18.2 Å². The third-order valence-corrected chi connectivity index (χ3v) is 5.17. The Labute approximate surface area is 153 Å². The highest BCUT2D eigenvalue weighted by atomic mass is 16.5. The van der Waals surface area contributed by atoms with Gasteiger partial charge in [0.2, 0.25) is 0 Å². The molecule has 0 radical (unpaired) electrons. The van der Waals surface area contributed by atoms with Gasteiger partial charge in [-0.3, -0.25) is 4.79 Å². The lowest BCUT2D eigenvalue weighted by Crippen LogP contribution is -2.38. The molecule has 1 aliphatic carbocycles. The average molecular weight is 346 g/mol. The molecule has 1 amide bonds. The van der Waals surface area contributed by atoms with E-state index in [0.29, 0.717) is 6.04 Å². The number of hydrogen-bond acceptors (Lipinski definition) is 2. The maximum atomic E-state index is 12.3. The van der Waals surface area contributed by atoms with Crippen LogP contribution in [0.5, 0.6) is 5.75 Å². The van der Waals surface area contributed by atoms with E-state index in [-0.39, 0.29) is 12.5 Å². The van der Waals surface area contributed by atoms with Gasteiger partial charge in [-0.1, -0.05) is 69.9 Å². The van der Waals surface area contributed by atoms with Gasteiger partial charge in [0.15, 0.2) is 6.61 Å². The van der Waals surface area contributed by atoms with E-state index in [4.69, 9.17) is 4.74 Å². The van der Waals surface area contributed by atoms with Gasteiger partial charge in [-0.05, 0) is 43.9 Å². The topological polar surface area (TPSA) is 38.3 Å². The second-order valence-electron chi connectivity index (χ2n) is 7.58. The maximum Gasteiger partial charge on any atom is 0.258 e. The molecule has 1 aliphatic rings. The van der Waals surface area contributed by atoms with Crippen molar-refractivity contribution in [3.63, 3.8) is 0 Å². The normalized spacial score (nSPS) is 18.0. The first-order valence-corrected chi connectivity index (χ1v) is 10.1. The van der Waals surface area contributed by atoms with Crippen LogP contribution in [-0.4, -0.2) is 18.6 Å². The first-order chi connectivity index (χ1) is 12.1. The average Bonchev–Trinajstić information content (AvgIpc) is 2.58. The molecule has 0 aromatic heterocycles. The van der Waals surface area contributed by atoms with E-state index in [1.807, 2.05) is 26.0 Å². The largest absolute Gasteiger partial charge is 0.483 e. The van der Waals surface area contributed by atoms with Crippen molar-refractivity contribution in [1.82, 2.24) is 5.32 Å². The fourth-order valence-electron chi connectivity index (χ4n) is 3.58. The highest BCUT2D eigenvalue weighted by Crippen LogP contribution is 2.19. The van der Waals surface area contributed by atoms with Crippen LogP contribution in [0, 0.1) is 13.8 Å². The van der Waals surface area contributed by atoms with E-state index in [2.05, 4.69) is 11.4 Å². The molecular weight excluding hydrogens is 310 g/mol. The summed E-state index contributed by atoms with van der Waals surface area (Å²) in [6.07, 6.45) is 14.1. The quantitative estimate of drug-likeness (QED) is 0.785. The Hall–Kier alpha value is -1.51. The van der Waals surface area contributed by atoms with Gasteiger partial charge < -0.3 is 10.1 Å². The first-order valence-electron chi connectivity index (χ1n) is 10.1. The lowest BCUT2D eigenvalue weighted by atomic mass is 9.98. The molecule has 0 atom stereocenters. The molecule has 0 heterocycles. The predicted octanol–water partition coefficient (Wildman–Crippen LogP) is 5.47. The van der Waals surface area contributed by atoms with Crippen molar-refractivity contribution < 1.29 is 9.53 Å². The number of nitrogens with one attached hydrogen (secondary N) is 1. The minimum absolute atomic E-state index is 0.0120. The van der Waals surface area contributed by atoms with Crippen LogP contribution in [0.4, 0.5) is 0 Å². The van der Waals surface area contributed by atoms with E-state index in [0.717, 1.165) is 29.7 Å². The molecular formula is C22H35NO2. The highest BCUT2D eigenvalue weighted by molar-refractivity contribution is 5.77. The second kappa shape index (κ2) is 11.2. The van der Waals surface area contributed by atoms with Crippen molar-refractivity contribution in [2.75, 3.05) is 6.61 Å². The van der Waals surface area contributed by atoms with E-state index < -0.39 is 0 Å². The SMILES string of the molecule is Cc1ccc(C)c(OCC(=O)NC2CCCCCCCCCCC2)c1. The van der Waals surface area contributed by atoms with Crippen LogP contribution < -0.4 is 10.1 Å². The number of carbonyl (C=O) groups is 1. The summed E-state index contributed by atoms with van der Waals surface area (Å²) in [5, 5.41) is 3.21. The van der Waals surface area contributed by atoms with Gasteiger partial charge in [-0.2, -0.15) is 0 Å². The number of ether oxygens (including phenoxy) is 1. The van der Waals surface area contributed by atoms with Crippen LogP contribution >= 0.6 is 0 Å². The van der Waals surface area contributed by atoms with Crippen molar-refractivity contribution in [2.24, 2.45) is 0 Å². The van der Waals surface area contributed by atoms with Crippen molar-refractivity contribution >= 4 is 5.91 Å². The van der Waals surface area contributed by atoms with Gasteiger partial charge in [0, 0.05) is 6.04 Å². The molecule has 1 N–H and O–H groups in total. The Morgan fingerprint density at radius 3 is 2.12 bits per heavy atom. The van der Waals surface area contributed by atoms with Crippen molar-refractivity contribution in [3.8, 4) is 5.75 Å². The summed E-state index contributed by atoms with van der Waals surface area (Å²) in [5.74, 6) is 0.826. The molecule has 1 aromatic carbocycles. The molecule has 1 saturated carbocycles. The standard InChI is InChI=1S/C22H35NO2/c1-18-14-15-19(2)21(16-18)25-17-22(24)23-20-12-10-8-6-4-3-5-7-9-11-13-20/h14-16,20H,3-13,17H2,1-2H3,(H,23,24). The number of carbonyl (C=O) groups excluding carboxylic acids is 1. The molecule has 140 valence electrons. The molecule has 25 heavy (non-hydrogen) atoms. The van der Waals surface area contributed by atoms with Crippen molar-refractivity contribution in [2.45, 2.75) is 90.5 Å². The van der Waals surface area contributed by atoms with Crippen LogP contribution in [0.2, 0.25) is 0 Å². The molecule has 0 saturated heterocycles. The lowest BCUT2D eigenvalue weighted by molar-refractivity contribution is -0.123. The Bertz CT molecular complexity index is 515. The smallest absolute Gasteiger partial charge is 0.258 e. The van der Waals surface area contributed by atoms with Crippen LogP contribution in [0.1, 0.15) is 81.8 Å². The highest BCUT2D eigenvalue weighted by Gasteiger charge is 2.13. The first kappa shape index (κ1) is 19.8. The fraction of sp³-hybridized carbons (Fsp3) is 0.682. The summed E-state index contributed by atoms with van der Waals surface area (Å²) in [6.45, 7) is 4.16. The zero-order chi connectivity index (χ0) is 17.9. The molecule has 3 heteroatoms. The Morgan fingerprint density at radius 1 is 0.960 bits per heavy atom. The van der Waals surface area contributed by atoms with Gasteiger partial charge in [0.1, 0.15) is 5.75 Å². The summed E-state index contributed by atoms with van der Waals surface area (Å²) < 4.78 is 5.75. The summed E-state index contributed by atoms with van der Waals surface area (Å²) in [5.41, 5.74) is 2.23. The number of rotatable bonds is 4. The fourth-order valence-corrected chi connectivity index (χ4v) is 3.58. The summed E-state index contributed by atoms with van der Waals surface area (Å²) in [7, 11) is 0. The van der Waals surface area contributed by atoms with E-state index in [1.54, 1.807) is 0 Å². The third-order valence-electron chi connectivity index (χ3n) is 5.17. The predicted molar refractivity (Wildman–Crippen MR) is 104 cm³/mol. The van der Waals surface area contributed by atoms with Crippen molar-refractivity contribution in [1.29, 1.82) is 0 Å². The second-order valence-corrected chi connectivity index (χ2v) is 7.58. The molecule has 0 unspecified atom stereocenters. The maximum absolute atomic E-state index is 12.3. The van der Waals surface area contributed by atoms with Crippen LogP contribution in [0.3, 0.4) is 0 Å². The van der Waals surface area contributed by atoms with E-state index >= 15 is 0 Å². The van der Waals surface area contributed by atoms with Crippen LogP contribution in [0.25, 0.3) is 0 Å². The van der Waals surface area contributed by atoms with E-state index in [1.165, 1.54) is 57.8 Å². The molecule has 1 aromatic rings. The van der Waals surface area contributed by atoms with Crippen LogP contribution in [-0.2, 0) is 4.79 Å². The lowest BCUT2D eigenvalue weighted by Gasteiger charge is -2.20. The molecule has 0 aliphatic heterocycles. The van der Waals surface area contributed by atoms with Gasteiger partial charge in [0.25, 0.3) is 5.91 Å². The third kappa shape index (κ3) is 7.94. The van der Waals surface area contributed by atoms with Gasteiger partial charge in [0.05, 0.1) is 0 Å². The van der Waals surface area contributed by atoms with Gasteiger partial charge in [-0.15, -0.1) is 0 Å². The Balaban J connectivity index is 1.78. The zero-order valence-corrected chi connectivity index (χ0v) is 16.1. The number of benzene rings is 1.